The minimum Gasteiger partial charge on any atom is -0.465 e. The lowest BCUT2D eigenvalue weighted by molar-refractivity contribution is -0.137. The molecule has 2 N–H and O–H groups in total. The molecule has 1 aromatic rings. The first-order valence-corrected chi connectivity index (χ1v) is 4.93. The molecule has 0 fully saturated rings. The molecule has 1 aromatic carbocycles. The number of ether oxygens (including phenoxy) is 1. The van der Waals surface area contributed by atoms with Crippen molar-refractivity contribution in [2.24, 2.45) is 0 Å². The Bertz CT molecular complexity index is 311. The van der Waals surface area contributed by atoms with Crippen LogP contribution in [0.4, 0.5) is 4.79 Å². The fraction of sp³-hybridized carbons (Fsp3) is 0.167. The third-order valence-corrected chi connectivity index (χ3v) is 1.46. The summed E-state index contributed by atoms with van der Waals surface area (Å²) in [6, 6.07) is 12.0. The van der Waals surface area contributed by atoms with Gasteiger partial charge in [-0.2, -0.15) is 0 Å². The SMILES string of the molecule is C=CC(=O)OCCNC(=O)O.c1ccccc1. The number of carbonyl (C=O) groups excluding carboxylic acids is 1. The van der Waals surface area contributed by atoms with Crippen molar-refractivity contribution < 1.29 is 19.4 Å². The van der Waals surface area contributed by atoms with Gasteiger partial charge >= 0.3 is 12.1 Å². The van der Waals surface area contributed by atoms with Crippen molar-refractivity contribution in [3.8, 4) is 0 Å². The highest BCUT2D eigenvalue weighted by molar-refractivity contribution is 5.81. The lowest BCUT2D eigenvalue weighted by Crippen LogP contribution is -2.25. The molecule has 0 saturated heterocycles. The second-order valence-electron chi connectivity index (χ2n) is 2.76. The van der Waals surface area contributed by atoms with E-state index in [1.54, 1.807) is 0 Å². The Morgan fingerprint density at radius 2 is 1.65 bits per heavy atom. The topological polar surface area (TPSA) is 75.6 Å². The molecule has 5 heteroatoms. The van der Waals surface area contributed by atoms with E-state index in [1.165, 1.54) is 0 Å². The van der Waals surface area contributed by atoms with Crippen molar-refractivity contribution in [1.82, 2.24) is 5.32 Å². The van der Waals surface area contributed by atoms with Gasteiger partial charge in [-0.3, -0.25) is 0 Å². The van der Waals surface area contributed by atoms with Crippen LogP contribution in [-0.4, -0.2) is 30.3 Å². The molecule has 0 unspecified atom stereocenters. The number of amides is 1. The van der Waals surface area contributed by atoms with Crippen LogP contribution in [0.15, 0.2) is 49.1 Å². The van der Waals surface area contributed by atoms with Crippen molar-refractivity contribution in [2.45, 2.75) is 0 Å². The average Bonchev–Trinajstić information content (AvgIpc) is 2.37. The van der Waals surface area contributed by atoms with Gasteiger partial charge in [-0.05, 0) is 0 Å². The summed E-state index contributed by atoms with van der Waals surface area (Å²) in [6.45, 7) is 3.28. The maximum atomic E-state index is 10.3. The minimum absolute atomic E-state index is 0.0250. The van der Waals surface area contributed by atoms with E-state index in [-0.39, 0.29) is 13.2 Å². The van der Waals surface area contributed by atoms with Crippen LogP contribution in [0.5, 0.6) is 0 Å². The molecule has 0 saturated carbocycles. The highest BCUT2D eigenvalue weighted by atomic mass is 16.5. The quantitative estimate of drug-likeness (QED) is 0.474. The number of esters is 1. The van der Waals surface area contributed by atoms with Gasteiger partial charge in [0, 0.05) is 6.08 Å². The van der Waals surface area contributed by atoms with Crippen LogP contribution in [0.3, 0.4) is 0 Å². The Balaban J connectivity index is 0.000000354. The maximum Gasteiger partial charge on any atom is 0.404 e. The zero-order valence-electron chi connectivity index (χ0n) is 9.33. The zero-order valence-corrected chi connectivity index (χ0v) is 9.33. The largest absolute Gasteiger partial charge is 0.465 e. The lowest BCUT2D eigenvalue weighted by atomic mass is 10.4. The summed E-state index contributed by atoms with van der Waals surface area (Å²) in [5.74, 6) is -0.558. The summed E-state index contributed by atoms with van der Waals surface area (Å²) in [5.41, 5.74) is 0. The first-order chi connectivity index (χ1) is 8.16. The second-order valence-corrected chi connectivity index (χ2v) is 2.76. The fourth-order valence-corrected chi connectivity index (χ4v) is 0.753. The van der Waals surface area contributed by atoms with Crippen LogP contribution in [-0.2, 0) is 9.53 Å². The normalized spacial score (nSPS) is 8.24. The lowest BCUT2D eigenvalue weighted by Gasteiger charge is -2.00. The van der Waals surface area contributed by atoms with Crippen LogP contribution in [0.2, 0.25) is 0 Å². The fourth-order valence-electron chi connectivity index (χ4n) is 0.753. The molecule has 1 rings (SSSR count). The molecule has 0 spiro atoms. The molecule has 5 nitrogen and oxygen atoms in total. The number of hydrogen-bond acceptors (Lipinski definition) is 3. The summed E-state index contributed by atoms with van der Waals surface area (Å²) >= 11 is 0. The Kier molecular flexibility index (Phi) is 8.84. The van der Waals surface area contributed by atoms with Gasteiger partial charge in [0.15, 0.2) is 0 Å². The minimum atomic E-state index is -1.14. The van der Waals surface area contributed by atoms with E-state index in [1.807, 2.05) is 41.7 Å². The van der Waals surface area contributed by atoms with E-state index in [9.17, 15) is 9.59 Å². The van der Waals surface area contributed by atoms with E-state index in [4.69, 9.17) is 5.11 Å². The molecular formula is C12H15NO4. The van der Waals surface area contributed by atoms with Crippen LogP contribution < -0.4 is 5.32 Å². The molecule has 0 radical (unpaired) electrons. The first kappa shape index (κ1) is 14.7. The molecule has 0 heterocycles. The molecular weight excluding hydrogens is 222 g/mol. The number of nitrogens with one attached hydrogen (secondary N) is 1. The third-order valence-electron chi connectivity index (χ3n) is 1.46. The standard InChI is InChI=1S/C6H9NO4.C6H6/c1-2-5(8)11-4-3-7-6(9)10;1-2-4-6-5-3-1/h2,7H,1,3-4H2,(H,9,10);1-6H. The average molecular weight is 237 g/mol. The van der Waals surface area contributed by atoms with Crippen LogP contribution >= 0.6 is 0 Å². The van der Waals surface area contributed by atoms with Crippen LogP contribution in [0, 0.1) is 0 Å². The summed E-state index contributed by atoms with van der Waals surface area (Å²) in [5, 5.41) is 10.1. The van der Waals surface area contributed by atoms with Crippen LogP contribution in [0.25, 0.3) is 0 Å². The van der Waals surface area contributed by atoms with Gasteiger partial charge in [-0.15, -0.1) is 0 Å². The highest BCUT2D eigenvalue weighted by Crippen LogP contribution is 1.80. The third kappa shape index (κ3) is 11.6. The molecule has 0 aromatic heterocycles. The number of carboxylic acid groups (broad SMARTS) is 1. The predicted molar refractivity (Wildman–Crippen MR) is 63.6 cm³/mol. The van der Waals surface area contributed by atoms with Gasteiger partial charge in [-0.1, -0.05) is 43.0 Å². The highest BCUT2D eigenvalue weighted by Gasteiger charge is 1.95. The Hall–Kier alpha value is -2.30. The molecule has 1 amide bonds. The van der Waals surface area contributed by atoms with Gasteiger partial charge < -0.3 is 15.2 Å². The van der Waals surface area contributed by atoms with Crippen molar-refractivity contribution in [3.05, 3.63) is 49.1 Å². The molecule has 17 heavy (non-hydrogen) atoms. The molecule has 0 aliphatic carbocycles. The summed E-state index contributed by atoms with van der Waals surface area (Å²) < 4.78 is 4.46. The Labute approximate surface area is 99.7 Å². The molecule has 0 aliphatic heterocycles. The van der Waals surface area contributed by atoms with E-state index >= 15 is 0 Å². The van der Waals surface area contributed by atoms with E-state index < -0.39 is 12.1 Å². The van der Waals surface area contributed by atoms with Crippen LogP contribution in [0.1, 0.15) is 0 Å². The van der Waals surface area contributed by atoms with E-state index in [2.05, 4.69) is 11.3 Å². The van der Waals surface area contributed by atoms with Crippen molar-refractivity contribution in [1.29, 1.82) is 0 Å². The second kappa shape index (κ2) is 10.2. The maximum absolute atomic E-state index is 10.3. The van der Waals surface area contributed by atoms with E-state index in [0.29, 0.717) is 0 Å². The van der Waals surface area contributed by atoms with Crippen molar-refractivity contribution in [3.63, 3.8) is 0 Å². The van der Waals surface area contributed by atoms with Gasteiger partial charge in [-0.25, -0.2) is 9.59 Å². The van der Waals surface area contributed by atoms with Gasteiger partial charge in [0.1, 0.15) is 6.61 Å². The first-order valence-electron chi connectivity index (χ1n) is 4.93. The van der Waals surface area contributed by atoms with Gasteiger partial charge in [0.05, 0.1) is 6.54 Å². The Morgan fingerprint density at radius 1 is 1.18 bits per heavy atom. The van der Waals surface area contributed by atoms with Gasteiger partial charge in [0.25, 0.3) is 0 Å². The number of carbonyl (C=O) groups is 2. The number of benzene rings is 1. The Morgan fingerprint density at radius 3 is 2.00 bits per heavy atom. The number of hydrogen-bond donors (Lipinski definition) is 2. The smallest absolute Gasteiger partial charge is 0.404 e. The molecule has 0 aliphatic rings. The van der Waals surface area contributed by atoms with Gasteiger partial charge in [0.2, 0.25) is 0 Å². The molecule has 0 atom stereocenters. The summed E-state index contributed by atoms with van der Waals surface area (Å²) in [6.07, 6.45) is -0.125. The molecule has 0 bridgehead atoms. The monoisotopic (exact) mass is 237 g/mol. The zero-order chi connectivity index (χ0) is 12.9. The predicted octanol–water partition coefficient (Wildman–Crippen LogP) is 1.67. The van der Waals surface area contributed by atoms with Crippen molar-refractivity contribution in [2.75, 3.05) is 13.2 Å². The number of rotatable bonds is 4. The van der Waals surface area contributed by atoms with E-state index in [0.717, 1.165) is 6.08 Å². The molecule has 92 valence electrons. The summed E-state index contributed by atoms with van der Waals surface area (Å²) in [4.78, 5) is 20.2. The van der Waals surface area contributed by atoms with Crippen molar-refractivity contribution >= 4 is 12.1 Å². The summed E-state index contributed by atoms with van der Waals surface area (Å²) in [7, 11) is 0.